The molecule has 0 aromatic heterocycles. The number of hydrogen-bond donors (Lipinski definition) is 1. The molecule has 1 atom stereocenters. The molecular weight excluding hydrogens is 230 g/mol. The molecule has 0 spiro atoms. The van der Waals surface area contributed by atoms with Crippen LogP contribution in [0.5, 0.6) is 0 Å². The zero-order valence-electron chi connectivity index (χ0n) is 9.42. The van der Waals surface area contributed by atoms with Gasteiger partial charge in [0.05, 0.1) is 17.6 Å². The number of aliphatic hydroxyl groups is 1. The van der Waals surface area contributed by atoms with Crippen molar-refractivity contribution >= 4 is 11.8 Å². The van der Waals surface area contributed by atoms with Gasteiger partial charge in [0.25, 0.3) is 0 Å². The van der Waals surface area contributed by atoms with E-state index in [1.807, 2.05) is 36.6 Å². The molecule has 1 aliphatic carbocycles. The second-order valence-electron chi connectivity index (χ2n) is 3.73. The van der Waals surface area contributed by atoms with Gasteiger partial charge in [-0.25, -0.2) is 0 Å². The van der Waals surface area contributed by atoms with Crippen LogP contribution in [0.1, 0.15) is 11.1 Å². The lowest BCUT2D eigenvalue weighted by molar-refractivity contribution is 0.211. The molecule has 1 aromatic rings. The van der Waals surface area contributed by atoms with Crippen LogP contribution in [0, 0.1) is 17.2 Å². The lowest BCUT2D eigenvalue weighted by Crippen LogP contribution is -2.31. The summed E-state index contributed by atoms with van der Waals surface area (Å²) in [6, 6.07) is 9.38. The third-order valence-corrected chi connectivity index (χ3v) is 3.67. The Kier molecular flexibility index (Phi) is 3.37. The third-order valence-electron chi connectivity index (χ3n) is 2.70. The molecule has 0 fully saturated rings. The van der Waals surface area contributed by atoms with Gasteiger partial charge in [-0.15, -0.1) is 11.8 Å². The summed E-state index contributed by atoms with van der Waals surface area (Å²) >= 11 is 1.36. The highest BCUT2D eigenvalue weighted by atomic mass is 32.2. The van der Waals surface area contributed by atoms with E-state index in [0.717, 1.165) is 11.5 Å². The van der Waals surface area contributed by atoms with Crippen LogP contribution in [-0.4, -0.2) is 16.3 Å². The van der Waals surface area contributed by atoms with Gasteiger partial charge in [-0.05, 0) is 30.0 Å². The maximum atomic E-state index is 10.5. The first-order valence-corrected chi connectivity index (χ1v) is 6.43. The van der Waals surface area contributed by atoms with Crippen LogP contribution in [0.4, 0.5) is 0 Å². The molecule has 1 N–H and O–H groups in total. The Balaban J connectivity index is 2.42. The quantitative estimate of drug-likeness (QED) is 0.811. The Labute approximate surface area is 105 Å². The smallest absolute Gasteiger partial charge is 0.143 e. The van der Waals surface area contributed by atoms with Crippen LogP contribution >= 0.6 is 11.8 Å². The van der Waals surface area contributed by atoms with Crippen LogP contribution < -0.4 is 0 Å². The van der Waals surface area contributed by atoms with E-state index in [0.29, 0.717) is 5.56 Å². The maximum absolute atomic E-state index is 10.5. The van der Waals surface area contributed by atoms with Crippen LogP contribution in [0.15, 0.2) is 48.6 Å². The second kappa shape index (κ2) is 4.79. The standard InChI is InChI=1S/C14H12NOS/c1-17-14(16)8-3-2-7-13(14)12-6-4-5-11(9-12)10-15/h2-9,16H,1H3/t14-/m0/s1. The summed E-state index contributed by atoms with van der Waals surface area (Å²) in [6.07, 6.45) is 9.21. The lowest BCUT2D eigenvalue weighted by atomic mass is 9.89. The average Bonchev–Trinajstić information content (AvgIpc) is 2.39. The van der Waals surface area contributed by atoms with Crippen molar-refractivity contribution in [3.63, 3.8) is 0 Å². The van der Waals surface area contributed by atoms with E-state index in [9.17, 15) is 5.11 Å². The van der Waals surface area contributed by atoms with Crippen LogP contribution in [0.25, 0.3) is 0 Å². The highest BCUT2D eigenvalue weighted by Gasteiger charge is 2.35. The van der Waals surface area contributed by atoms with Gasteiger partial charge in [-0.3, -0.25) is 0 Å². The zero-order valence-corrected chi connectivity index (χ0v) is 10.2. The fourth-order valence-corrected chi connectivity index (χ4v) is 2.40. The van der Waals surface area contributed by atoms with E-state index >= 15 is 0 Å². The molecular formula is C14H12NOS. The Morgan fingerprint density at radius 3 is 2.88 bits per heavy atom. The number of hydrogen-bond acceptors (Lipinski definition) is 3. The van der Waals surface area contributed by atoms with Crippen molar-refractivity contribution < 1.29 is 5.11 Å². The lowest BCUT2D eigenvalue weighted by Gasteiger charge is -2.31. The SMILES string of the molecule is CS[C@@]1(O)C=CC=C[C]1c1cccc(C#N)c1. The molecule has 1 aromatic carbocycles. The molecule has 0 saturated heterocycles. The van der Waals surface area contributed by atoms with Gasteiger partial charge in [-0.2, -0.15) is 5.26 Å². The Bertz CT molecular complexity index is 515. The summed E-state index contributed by atoms with van der Waals surface area (Å²) < 4.78 is 0. The van der Waals surface area contributed by atoms with Crippen molar-refractivity contribution in [3.05, 3.63) is 65.6 Å². The van der Waals surface area contributed by atoms with Gasteiger partial charge in [0, 0.05) is 0 Å². The number of benzene rings is 1. The van der Waals surface area contributed by atoms with E-state index in [1.165, 1.54) is 11.8 Å². The Hall–Kier alpha value is -1.50. The van der Waals surface area contributed by atoms with Crippen LogP contribution in [-0.2, 0) is 0 Å². The molecule has 0 bridgehead atoms. The van der Waals surface area contributed by atoms with Gasteiger partial charge in [-0.1, -0.05) is 30.4 Å². The second-order valence-corrected chi connectivity index (χ2v) is 4.76. The van der Waals surface area contributed by atoms with Gasteiger partial charge in [0.2, 0.25) is 0 Å². The van der Waals surface area contributed by atoms with Crippen LogP contribution in [0.2, 0.25) is 0 Å². The maximum Gasteiger partial charge on any atom is 0.143 e. The molecule has 0 aliphatic heterocycles. The van der Waals surface area contributed by atoms with E-state index in [1.54, 1.807) is 18.2 Å². The normalized spacial score (nSPS) is 23.6. The van der Waals surface area contributed by atoms with Crippen molar-refractivity contribution in [2.75, 3.05) is 6.26 Å². The largest absolute Gasteiger partial charge is 0.375 e. The monoisotopic (exact) mass is 242 g/mol. The summed E-state index contributed by atoms with van der Waals surface area (Å²) in [4.78, 5) is -1.01. The molecule has 0 unspecified atom stereocenters. The van der Waals surface area contributed by atoms with E-state index in [4.69, 9.17) is 5.26 Å². The first kappa shape index (κ1) is 12.0. The van der Waals surface area contributed by atoms with Gasteiger partial charge in [0.15, 0.2) is 0 Å². The molecule has 3 heteroatoms. The summed E-state index contributed by atoms with van der Waals surface area (Å²) in [5.41, 5.74) is 1.47. The Morgan fingerprint density at radius 2 is 2.18 bits per heavy atom. The fourth-order valence-electron chi connectivity index (χ4n) is 1.78. The van der Waals surface area contributed by atoms with E-state index in [-0.39, 0.29) is 0 Å². The first-order chi connectivity index (χ1) is 8.19. The highest BCUT2D eigenvalue weighted by Crippen LogP contribution is 2.39. The Morgan fingerprint density at radius 1 is 1.35 bits per heavy atom. The molecule has 2 rings (SSSR count). The molecule has 1 radical (unpaired) electrons. The summed E-state index contributed by atoms with van der Waals surface area (Å²) in [6.45, 7) is 0. The molecule has 2 nitrogen and oxygen atoms in total. The predicted octanol–water partition coefficient (Wildman–Crippen LogP) is 2.66. The van der Waals surface area contributed by atoms with Crippen molar-refractivity contribution in [2.24, 2.45) is 0 Å². The topological polar surface area (TPSA) is 44.0 Å². The number of rotatable bonds is 2. The summed E-state index contributed by atoms with van der Waals surface area (Å²) in [7, 11) is 0. The molecule has 17 heavy (non-hydrogen) atoms. The third kappa shape index (κ3) is 2.28. The van der Waals surface area contributed by atoms with Gasteiger partial charge in [0.1, 0.15) is 4.93 Å². The minimum absolute atomic E-state index is 0.599. The highest BCUT2D eigenvalue weighted by molar-refractivity contribution is 8.00. The van der Waals surface area contributed by atoms with Crippen molar-refractivity contribution in [1.29, 1.82) is 5.26 Å². The minimum Gasteiger partial charge on any atom is -0.375 e. The number of nitrogens with zero attached hydrogens (tertiary/aromatic N) is 1. The molecule has 1 aliphatic rings. The molecule has 0 heterocycles. The molecule has 85 valence electrons. The van der Waals surface area contributed by atoms with Crippen molar-refractivity contribution in [1.82, 2.24) is 0 Å². The van der Waals surface area contributed by atoms with Crippen molar-refractivity contribution in [2.45, 2.75) is 4.93 Å². The van der Waals surface area contributed by atoms with E-state index < -0.39 is 4.93 Å². The molecule has 0 amide bonds. The van der Waals surface area contributed by atoms with Crippen molar-refractivity contribution in [3.8, 4) is 6.07 Å². The summed E-state index contributed by atoms with van der Waals surface area (Å²) in [5, 5.41) is 19.4. The van der Waals surface area contributed by atoms with E-state index in [2.05, 4.69) is 6.07 Å². The number of allylic oxidation sites excluding steroid dienone is 2. The summed E-state index contributed by atoms with van der Waals surface area (Å²) in [5.74, 6) is 0.810. The first-order valence-electron chi connectivity index (χ1n) is 5.21. The van der Waals surface area contributed by atoms with Crippen LogP contribution in [0.3, 0.4) is 0 Å². The minimum atomic E-state index is -1.01. The average molecular weight is 242 g/mol. The fraction of sp³-hybridized carbons (Fsp3) is 0.143. The molecule has 0 saturated carbocycles. The predicted molar refractivity (Wildman–Crippen MR) is 70.2 cm³/mol. The zero-order chi connectivity index (χ0) is 12.3. The van der Waals surface area contributed by atoms with Gasteiger partial charge < -0.3 is 5.11 Å². The number of thioether (sulfide) groups is 1. The number of nitriles is 1. The van der Waals surface area contributed by atoms with Gasteiger partial charge >= 0.3 is 0 Å².